The Balaban J connectivity index is 1.45. The van der Waals surface area contributed by atoms with E-state index in [2.05, 4.69) is 16.4 Å². The third-order valence-corrected chi connectivity index (χ3v) is 8.14. The van der Waals surface area contributed by atoms with Gasteiger partial charge in [0, 0.05) is 31.1 Å². The molecule has 3 amide bonds. The van der Waals surface area contributed by atoms with Crippen LogP contribution in [0.2, 0.25) is 5.02 Å². The summed E-state index contributed by atoms with van der Waals surface area (Å²) >= 11 is 6.16. The minimum atomic E-state index is -0.967. The first-order chi connectivity index (χ1) is 18.1. The van der Waals surface area contributed by atoms with E-state index in [1.807, 2.05) is 26.0 Å². The van der Waals surface area contributed by atoms with E-state index in [9.17, 15) is 24.0 Å². The molecule has 5 rings (SSSR count). The van der Waals surface area contributed by atoms with Crippen LogP contribution in [0.3, 0.4) is 0 Å². The van der Waals surface area contributed by atoms with Gasteiger partial charge in [-0.2, -0.15) is 5.26 Å². The molecule has 1 saturated heterocycles. The standard InChI is InChI=1S/C28H29ClFN5O3/c1-15(2)8-24(34(3)25(36)23-11-18-20(29)9-16(30)10-22(18)32-23)26(37)35-14-28(12-17(35)13-31)19-6-4-5-7-21(19)33-27(28)38/h4,6,9-11,15,17,24,32H,5,7-8,12,14H2,1-3H3,(H,33,38)/t17-,24-,28-/m0/s1. The number of rotatable bonds is 5. The topological polar surface area (TPSA) is 109 Å². The van der Waals surface area contributed by atoms with E-state index in [1.165, 1.54) is 21.9 Å². The molecule has 1 aliphatic carbocycles. The quantitative estimate of drug-likeness (QED) is 0.593. The van der Waals surface area contributed by atoms with Gasteiger partial charge in [0.2, 0.25) is 11.8 Å². The molecule has 1 spiro atoms. The maximum Gasteiger partial charge on any atom is 0.270 e. The lowest BCUT2D eigenvalue weighted by Crippen LogP contribution is -2.51. The highest BCUT2D eigenvalue weighted by molar-refractivity contribution is 6.35. The maximum atomic E-state index is 14.0. The van der Waals surface area contributed by atoms with Crippen molar-refractivity contribution >= 4 is 40.2 Å². The summed E-state index contributed by atoms with van der Waals surface area (Å²) in [5.74, 6) is -1.49. The number of nitrogens with zero attached hydrogens (tertiary/aromatic N) is 3. The molecule has 3 heterocycles. The number of fused-ring (bicyclic) bond motifs is 2. The Morgan fingerprint density at radius 3 is 2.82 bits per heavy atom. The first-order valence-corrected chi connectivity index (χ1v) is 13.1. The van der Waals surface area contributed by atoms with E-state index in [4.69, 9.17) is 11.6 Å². The number of carbonyl (C=O) groups is 3. The fourth-order valence-corrected chi connectivity index (χ4v) is 6.16. The van der Waals surface area contributed by atoms with Gasteiger partial charge in [-0.05, 0) is 49.0 Å². The Hall–Kier alpha value is -3.64. The molecule has 2 N–H and O–H groups in total. The van der Waals surface area contributed by atoms with Gasteiger partial charge in [-0.25, -0.2) is 4.39 Å². The van der Waals surface area contributed by atoms with Crippen molar-refractivity contribution in [1.82, 2.24) is 20.1 Å². The number of H-pyrrole nitrogens is 1. The number of halogens is 2. The molecule has 1 fully saturated rings. The van der Waals surface area contributed by atoms with E-state index in [0.717, 1.165) is 24.1 Å². The summed E-state index contributed by atoms with van der Waals surface area (Å²) in [6, 6.07) is 4.52. The fourth-order valence-electron chi connectivity index (χ4n) is 5.90. The number of hydrogen-bond donors (Lipinski definition) is 2. The zero-order chi connectivity index (χ0) is 27.4. The van der Waals surface area contributed by atoms with Crippen LogP contribution in [0.5, 0.6) is 0 Å². The van der Waals surface area contributed by atoms with Gasteiger partial charge in [0.05, 0.1) is 22.0 Å². The van der Waals surface area contributed by atoms with Crippen LogP contribution in [0, 0.1) is 28.5 Å². The Bertz CT molecular complexity index is 1450. The van der Waals surface area contributed by atoms with E-state index in [0.29, 0.717) is 17.3 Å². The van der Waals surface area contributed by atoms with Crippen molar-refractivity contribution in [2.45, 2.75) is 51.6 Å². The maximum absolute atomic E-state index is 14.0. The lowest BCUT2D eigenvalue weighted by Gasteiger charge is -2.33. The van der Waals surface area contributed by atoms with Crippen molar-refractivity contribution in [3.8, 4) is 6.07 Å². The zero-order valence-electron chi connectivity index (χ0n) is 21.5. The molecule has 2 aliphatic heterocycles. The third-order valence-electron chi connectivity index (χ3n) is 7.83. The number of nitriles is 1. The highest BCUT2D eigenvalue weighted by atomic mass is 35.5. The molecule has 3 aliphatic rings. The Labute approximate surface area is 225 Å². The number of likely N-dealkylation sites (tertiary alicyclic amines) is 1. The van der Waals surface area contributed by atoms with E-state index in [1.54, 1.807) is 13.1 Å². The van der Waals surface area contributed by atoms with Crippen LogP contribution in [0.4, 0.5) is 4.39 Å². The number of amides is 3. The second-order valence-electron chi connectivity index (χ2n) is 10.8. The first-order valence-electron chi connectivity index (χ1n) is 12.7. The molecular weight excluding hydrogens is 509 g/mol. The number of likely N-dealkylation sites (N-methyl/N-ethyl adjacent to an activating group) is 1. The molecule has 38 heavy (non-hydrogen) atoms. The average molecular weight is 538 g/mol. The van der Waals surface area contributed by atoms with Gasteiger partial charge >= 0.3 is 0 Å². The number of benzene rings is 1. The molecule has 3 atom stereocenters. The van der Waals surface area contributed by atoms with Crippen molar-refractivity contribution in [2.75, 3.05) is 13.6 Å². The molecule has 1 aromatic carbocycles. The largest absolute Gasteiger partial charge is 0.350 e. The van der Waals surface area contributed by atoms with Gasteiger partial charge in [-0.15, -0.1) is 0 Å². The Kier molecular flexibility index (Phi) is 6.56. The smallest absolute Gasteiger partial charge is 0.270 e. The third kappa shape index (κ3) is 4.17. The average Bonchev–Trinajstić information content (AvgIpc) is 3.56. The van der Waals surface area contributed by atoms with Crippen LogP contribution < -0.4 is 5.32 Å². The summed E-state index contributed by atoms with van der Waals surface area (Å²) in [6.07, 6.45) is 6.06. The van der Waals surface area contributed by atoms with Crippen molar-refractivity contribution in [3.63, 3.8) is 0 Å². The summed E-state index contributed by atoms with van der Waals surface area (Å²) in [4.78, 5) is 46.5. The van der Waals surface area contributed by atoms with Gasteiger partial charge < -0.3 is 20.1 Å². The molecule has 1 aromatic heterocycles. The summed E-state index contributed by atoms with van der Waals surface area (Å²) < 4.78 is 13.8. The zero-order valence-corrected chi connectivity index (χ0v) is 22.2. The van der Waals surface area contributed by atoms with Crippen molar-refractivity contribution in [2.24, 2.45) is 11.3 Å². The van der Waals surface area contributed by atoms with Crippen molar-refractivity contribution in [3.05, 3.63) is 58.2 Å². The SMILES string of the molecule is CC(C)C[C@@H](C(=O)N1C[C@]2(C[C@H]1C#N)C(=O)NC1=C2C=CCC1)N(C)C(=O)c1cc2c(Cl)cc(F)cc2[nH]1. The molecule has 0 unspecified atom stereocenters. The summed E-state index contributed by atoms with van der Waals surface area (Å²) in [6.45, 7) is 3.98. The van der Waals surface area contributed by atoms with Gasteiger partial charge in [0.25, 0.3) is 5.91 Å². The number of hydrogen-bond acceptors (Lipinski definition) is 4. The predicted molar refractivity (Wildman–Crippen MR) is 140 cm³/mol. The summed E-state index contributed by atoms with van der Waals surface area (Å²) in [7, 11) is 1.54. The van der Waals surface area contributed by atoms with E-state index in [-0.39, 0.29) is 41.4 Å². The summed E-state index contributed by atoms with van der Waals surface area (Å²) in [5, 5.41) is 13.6. The normalized spacial score (nSPS) is 23.2. The summed E-state index contributed by atoms with van der Waals surface area (Å²) in [5.41, 5.74) is 1.30. The van der Waals surface area contributed by atoms with Crippen LogP contribution >= 0.6 is 11.6 Å². The molecule has 0 radical (unpaired) electrons. The van der Waals surface area contributed by atoms with E-state index < -0.39 is 29.2 Å². The first kappa shape index (κ1) is 26.0. The predicted octanol–water partition coefficient (Wildman–Crippen LogP) is 4.29. The molecule has 0 bridgehead atoms. The molecule has 10 heteroatoms. The number of carbonyl (C=O) groups excluding carboxylic acids is 3. The lowest BCUT2D eigenvalue weighted by atomic mass is 9.77. The minimum absolute atomic E-state index is 0.0629. The van der Waals surface area contributed by atoms with Crippen LogP contribution in [0.1, 0.15) is 50.0 Å². The molecule has 2 aromatic rings. The number of aromatic amines is 1. The molecular formula is C28H29ClFN5O3. The van der Waals surface area contributed by atoms with Crippen LogP contribution in [-0.2, 0) is 9.59 Å². The molecule has 0 saturated carbocycles. The van der Waals surface area contributed by atoms with Gasteiger partial charge in [-0.3, -0.25) is 14.4 Å². The highest BCUT2D eigenvalue weighted by Crippen LogP contribution is 2.48. The van der Waals surface area contributed by atoms with Crippen molar-refractivity contribution in [1.29, 1.82) is 5.26 Å². The highest BCUT2D eigenvalue weighted by Gasteiger charge is 2.57. The number of nitrogens with one attached hydrogen (secondary N) is 2. The lowest BCUT2D eigenvalue weighted by molar-refractivity contribution is -0.137. The van der Waals surface area contributed by atoms with Gasteiger partial charge in [0.15, 0.2) is 0 Å². The number of aromatic nitrogens is 1. The van der Waals surface area contributed by atoms with E-state index >= 15 is 0 Å². The van der Waals surface area contributed by atoms with Crippen molar-refractivity contribution < 1.29 is 18.8 Å². The Morgan fingerprint density at radius 2 is 2.11 bits per heavy atom. The fraction of sp³-hybridized carbons (Fsp3) is 0.429. The second kappa shape index (κ2) is 9.59. The van der Waals surface area contributed by atoms with Crippen LogP contribution in [0.15, 0.2) is 41.6 Å². The number of allylic oxidation sites excluding steroid dienone is 3. The van der Waals surface area contributed by atoms with Crippen LogP contribution in [-0.4, -0.2) is 58.2 Å². The Morgan fingerprint density at radius 1 is 1.34 bits per heavy atom. The van der Waals surface area contributed by atoms with Gasteiger partial charge in [0.1, 0.15) is 23.6 Å². The minimum Gasteiger partial charge on any atom is -0.350 e. The van der Waals surface area contributed by atoms with Gasteiger partial charge in [-0.1, -0.05) is 37.6 Å². The molecule has 198 valence electrons. The van der Waals surface area contributed by atoms with Crippen LogP contribution in [0.25, 0.3) is 10.9 Å². The second-order valence-corrected chi connectivity index (χ2v) is 11.2. The monoisotopic (exact) mass is 537 g/mol. The molecule has 8 nitrogen and oxygen atoms in total.